The fourth-order valence-corrected chi connectivity index (χ4v) is 2.99. The van der Waals surface area contributed by atoms with Crippen LogP contribution in [0.5, 0.6) is 0 Å². The minimum absolute atomic E-state index is 0.204. The highest BCUT2D eigenvalue weighted by molar-refractivity contribution is 7.14. The minimum atomic E-state index is -0.997. The van der Waals surface area contributed by atoms with Crippen molar-refractivity contribution in [2.45, 2.75) is 0 Å². The van der Waals surface area contributed by atoms with Crippen molar-refractivity contribution in [1.29, 1.82) is 0 Å². The molecule has 0 unspecified atom stereocenters. The van der Waals surface area contributed by atoms with Crippen LogP contribution in [-0.2, 0) is 0 Å². The fraction of sp³-hybridized carbons (Fsp3) is 0. The monoisotopic (exact) mass is 306 g/mol. The van der Waals surface area contributed by atoms with Crippen LogP contribution in [0.2, 0.25) is 15.1 Å². The molecule has 0 saturated heterocycles. The molecule has 0 aliphatic rings. The second-order valence-electron chi connectivity index (χ2n) is 3.19. The van der Waals surface area contributed by atoms with E-state index in [9.17, 15) is 4.79 Å². The van der Waals surface area contributed by atoms with E-state index in [2.05, 4.69) is 0 Å². The number of hydrogen-bond acceptors (Lipinski definition) is 2. The van der Waals surface area contributed by atoms with Crippen LogP contribution in [0.3, 0.4) is 0 Å². The number of carbonyl (C=O) groups is 1. The smallest absolute Gasteiger partial charge is 0.337 e. The molecule has 0 atom stereocenters. The first-order valence-electron chi connectivity index (χ1n) is 4.47. The van der Waals surface area contributed by atoms with Gasteiger partial charge in [0.05, 0.1) is 25.5 Å². The lowest BCUT2D eigenvalue weighted by molar-refractivity contribution is 0.0698. The molecule has 0 aliphatic carbocycles. The number of hydrogen-bond donors (Lipinski definition) is 1. The minimum Gasteiger partial charge on any atom is -0.478 e. The maximum atomic E-state index is 11.0. The Kier molecular flexibility index (Phi) is 3.64. The Balaban J connectivity index is 2.65. The number of rotatable bonds is 2. The SMILES string of the molecule is O=C(O)c1ccsc1-c1ccc(Cl)c(Cl)c1Cl. The van der Waals surface area contributed by atoms with Crippen molar-refractivity contribution in [3.05, 3.63) is 44.2 Å². The van der Waals surface area contributed by atoms with Gasteiger partial charge in [0.25, 0.3) is 0 Å². The van der Waals surface area contributed by atoms with Crippen molar-refractivity contribution in [3.63, 3.8) is 0 Å². The van der Waals surface area contributed by atoms with Crippen molar-refractivity contribution in [2.75, 3.05) is 0 Å². The number of carboxylic acids is 1. The molecule has 0 amide bonds. The van der Waals surface area contributed by atoms with Crippen LogP contribution in [0.25, 0.3) is 10.4 Å². The predicted molar refractivity (Wildman–Crippen MR) is 71.7 cm³/mol. The van der Waals surface area contributed by atoms with Crippen LogP contribution < -0.4 is 0 Å². The topological polar surface area (TPSA) is 37.3 Å². The summed E-state index contributed by atoms with van der Waals surface area (Å²) in [5.74, 6) is -0.997. The molecule has 88 valence electrons. The zero-order chi connectivity index (χ0) is 12.6. The van der Waals surface area contributed by atoms with Gasteiger partial charge in [-0.25, -0.2) is 4.79 Å². The Morgan fingerprint density at radius 1 is 1.12 bits per heavy atom. The number of aromatic carboxylic acids is 1. The Hall–Kier alpha value is -0.740. The Morgan fingerprint density at radius 2 is 1.82 bits per heavy atom. The largest absolute Gasteiger partial charge is 0.478 e. The molecular formula is C11H5Cl3O2S. The quantitative estimate of drug-likeness (QED) is 0.786. The summed E-state index contributed by atoms with van der Waals surface area (Å²) >= 11 is 19.1. The molecule has 0 fully saturated rings. The van der Waals surface area contributed by atoms with E-state index in [1.165, 1.54) is 17.4 Å². The highest BCUT2D eigenvalue weighted by atomic mass is 35.5. The van der Waals surface area contributed by atoms with Crippen molar-refractivity contribution in [1.82, 2.24) is 0 Å². The number of benzene rings is 1. The van der Waals surface area contributed by atoms with E-state index in [1.54, 1.807) is 17.5 Å². The van der Waals surface area contributed by atoms with Gasteiger partial charge in [-0.2, -0.15) is 0 Å². The van der Waals surface area contributed by atoms with Gasteiger partial charge >= 0.3 is 5.97 Å². The number of halogens is 3. The highest BCUT2D eigenvalue weighted by Crippen LogP contribution is 2.41. The van der Waals surface area contributed by atoms with Crippen LogP contribution in [0.1, 0.15) is 10.4 Å². The Morgan fingerprint density at radius 3 is 2.47 bits per heavy atom. The molecule has 2 rings (SSSR count). The first-order chi connectivity index (χ1) is 8.02. The zero-order valence-electron chi connectivity index (χ0n) is 8.21. The summed E-state index contributed by atoms with van der Waals surface area (Å²) in [6.45, 7) is 0. The molecule has 1 N–H and O–H groups in total. The molecule has 0 saturated carbocycles. The Bertz CT molecular complexity index is 592. The van der Waals surface area contributed by atoms with E-state index in [-0.39, 0.29) is 15.6 Å². The van der Waals surface area contributed by atoms with Crippen LogP contribution in [0, 0.1) is 0 Å². The normalized spacial score (nSPS) is 10.5. The third-order valence-electron chi connectivity index (χ3n) is 2.18. The second kappa shape index (κ2) is 4.86. The maximum Gasteiger partial charge on any atom is 0.337 e. The lowest BCUT2D eigenvalue weighted by Gasteiger charge is -2.06. The first kappa shape index (κ1) is 12.7. The summed E-state index contributed by atoms with van der Waals surface area (Å²) in [5.41, 5.74) is 0.781. The van der Waals surface area contributed by atoms with Crippen molar-refractivity contribution in [2.24, 2.45) is 0 Å². The van der Waals surface area contributed by atoms with Gasteiger partial charge < -0.3 is 5.11 Å². The number of thiophene rings is 1. The van der Waals surface area contributed by atoms with E-state index in [4.69, 9.17) is 39.9 Å². The van der Waals surface area contributed by atoms with E-state index < -0.39 is 5.97 Å². The number of carboxylic acid groups (broad SMARTS) is 1. The van der Waals surface area contributed by atoms with Crippen molar-refractivity contribution in [3.8, 4) is 10.4 Å². The fourth-order valence-electron chi connectivity index (χ4n) is 1.39. The highest BCUT2D eigenvalue weighted by Gasteiger charge is 2.17. The molecule has 1 heterocycles. The van der Waals surface area contributed by atoms with Crippen molar-refractivity contribution >= 4 is 52.1 Å². The molecule has 2 nitrogen and oxygen atoms in total. The first-order valence-corrected chi connectivity index (χ1v) is 6.48. The second-order valence-corrected chi connectivity index (χ2v) is 5.27. The molecule has 0 spiro atoms. The van der Waals surface area contributed by atoms with Crippen LogP contribution in [0.4, 0.5) is 0 Å². The maximum absolute atomic E-state index is 11.0. The summed E-state index contributed by atoms with van der Waals surface area (Å²) < 4.78 is 0. The average molecular weight is 308 g/mol. The molecule has 1 aromatic carbocycles. The predicted octanol–water partition coefficient (Wildman–Crippen LogP) is 5.07. The van der Waals surface area contributed by atoms with Gasteiger partial charge in [0.1, 0.15) is 0 Å². The molecule has 2 aromatic rings. The summed E-state index contributed by atoms with van der Waals surface area (Å²) in [4.78, 5) is 11.6. The molecule has 0 bridgehead atoms. The third kappa shape index (κ3) is 2.29. The summed E-state index contributed by atoms with van der Waals surface area (Å²) in [7, 11) is 0. The van der Waals surface area contributed by atoms with Crippen LogP contribution in [-0.4, -0.2) is 11.1 Å². The lowest BCUT2D eigenvalue weighted by Crippen LogP contribution is -1.95. The summed E-state index contributed by atoms with van der Waals surface area (Å²) in [6, 6.07) is 4.78. The van der Waals surface area contributed by atoms with Gasteiger partial charge in [0.15, 0.2) is 0 Å². The molecule has 0 aliphatic heterocycles. The molecule has 1 aromatic heterocycles. The summed E-state index contributed by atoms with van der Waals surface area (Å²) in [5, 5.41) is 11.6. The van der Waals surface area contributed by atoms with Gasteiger partial charge in [0.2, 0.25) is 0 Å². The van der Waals surface area contributed by atoms with E-state index in [0.29, 0.717) is 15.5 Å². The van der Waals surface area contributed by atoms with E-state index in [0.717, 1.165) is 0 Å². The molecule has 17 heavy (non-hydrogen) atoms. The van der Waals surface area contributed by atoms with E-state index >= 15 is 0 Å². The summed E-state index contributed by atoms with van der Waals surface area (Å²) in [6.07, 6.45) is 0. The Labute approximate surface area is 116 Å². The zero-order valence-corrected chi connectivity index (χ0v) is 11.3. The van der Waals surface area contributed by atoms with Crippen LogP contribution >= 0.6 is 46.1 Å². The van der Waals surface area contributed by atoms with Gasteiger partial charge in [-0.05, 0) is 17.5 Å². The third-order valence-corrected chi connectivity index (χ3v) is 4.42. The van der Waals surface area contributed by atoms with Crippen molar-refractivity contribution < 1.29 is 9.90 Å². The molecule has 0 radical (unpaired) electrons. The van der Waals surface area contributed by atoms with E-state index in [1.807, 2.05) is 0 Å². The average Bonchev–Trinajstić information content (AvgIpc) is 2.75. The molecule has 6 heteroatoms. The molecular weight excluding hydrogens is 303 g/mol. The van der Waals surface area contributed by atoms with Gasteiger partial charge in [-0.1, -0.05) is 40.9 Å². The van der Waals surface area contributed by atoms with Gasteiger partial charge in [-0.3, -0.25) is 0 Å². The lowest BCUT2D eigenvalue weighted by atomic mass is 10.1. The van der Waals surface area contributed by atoms with Crippen LogP contribution in [0.15, 0.2) is 23.6 Å². The van der Waals surface area contributed by atoms with Gasteiger partial charge in [-0.15, -0.1) is 11.3 Å². The van der Waals surface area contributed by atoms with Gasteiger partial charge in [0, 0.05) is 5.56 Å². The standard InChI is InChI=1S/C11H5Cl3O2S/c12-7-2-1-5(8(13)9(7)14)10-6(11(15)16)3-4-17-10/h1-4H,(H,15,16).